The molecule has 1 aromatic carbocycles. The van der Waals surface area contributed by atoms with Gasteiger partial charge in [-0.05, 0) is 36.7 Å². The van der Waals surface area contributed by atoms with Gasteiger partial charge in [0.15, 0.2) is 5.60 Å². The minimum Gasteiger partial charge on any atom is -0.481 e. The van der Waals surface area contributed by atoms with Crippen molar-refractivity contribution >= 4 is 24.0 Å². The Balaban J connectivity index is 2.37. The first-order chi connectivity index (χ1) is 15.1. The average molecular weight is 449 g/mol. The molecule has 0 saturated heterocycles. The number of carbonyl (C=O) groups is 3. The van der Waals surface area contributed by atoms with E-state index in [0.29, 0.717) is 24.7 Å². The average Bonchev–Trinajstić information content (AvgIpc) is 2.70. The van der Waals surface area contributed by atoms with E-state index < -0.39 is 35.8 Å². The Hall–Kier alpha value is -2.67. The van der Waals surface area contributed by atoms with E-state index in [2.05, 4.69) is 38.1 Å². The van der Waals surface area contributed by atoms with E-state index in [4.69, 9.17) is 5.11 Å². The van der Waals surface area contributed by atoms with Crippen LogP contribution in [0.3, 0.4) is 0 Å². The second-order valence-corrected chi connectivity index (χ2v) is 8.82. The van der Waals surface area contributed by atoms with Crippen LogP contribution in [0.1, 0.15) is 70.8 Å². The molecule has 1 aromatic rings. The number of allylic oxidation sites excluding steroid dienone is 1. The highest BCUT2D eigenvalue weighted by atomic mass is 16.4. The first-order valence-corrected chi connectivity index (χ1v) is 11.2. The van der Waals surface area contributed by atoms with E-state index in [1.165, 1.54) is 5.56 Å². The fraction of sp³-hybridized carbons (Fsp3) is 0.560. The first-order valence-electron chi connectivity index (χ1n) is 11.2. The highest BCUT2D eigenvalue weighted by Crippen LogP contribution is 2.29. The molecule has 0 aliphatic heterocycles. The van der Waals surface area contributed by atoms with Gasteiger partial charge in [0.25, 0.3) is 0 Å². The summed E-state index contributed by atoms with van der Waals surface area (Å²) in [6, 6.07) is 10.2. The van der Waals surface area contributed by atoms with Gasteiger partial charge < -0.3 is 20.4 Å². The van der Waals surface area contributed by atoms with Crippen molar-refractivity contribution in [3.63, 3.8) is 0 Å². The van der Waals surface area contributed by atoms with Gasteiger partial charge in [0.2, 0.25) is 0 Å². The number of carboxylic acids is 3. The lowest BCUT2D eigenvalue weighted by Gasteiger charge is -2.28. The Morgan fingerprint density at radius 2 is 1.56 bits per heavy atom. The van der Waals surface area contributed by atoms with Gasteiger partial charge >= 0.3 is 17.9 Å². The van der Waals surface area contributed by atoms with Crippen molar-refractivity contribution in [2.75, 3.05) is 0 Å². The molecule has 178 valence electrons. The van der Waals surface area contributed by atoms with Gasteiger partial charge in [-0.1, -0.05) is 82.0 Å². The van der Waals surface area contributed by atoms with Crippen molar-refractivity contribution in [2.24, 2.45) is 17.8 Å². The van der Waals surface area contributed by atoms with Crippen LogP contribution in [0.25, 0.3) is 6.08 Å². The number of unbranched alkanes of at least 4 members (excludes halogenated alkanes) is 2. The van der Waals surface area contributed by atoms with Crippen molar-refractivity contribution in [3.8, 4) is 0 Å². The van der Waals surface area contributed by atoms with Crippen LogP contribution in [-0.4, -0.2) is 43.9 Å². The minimum atomic E-state index is -2.81. The first kappa shape index (κ1) is 27.4. The zero-order chi connectivity index (χ0) is 24.1. The number of hydrogen-bond donors (Lipinski definition) is 4. The van der Waals surface area contributed by atoms with Crippen LogP contribution in [0.15, 0.2) is 36.4 Å². The van der Waals surface area contributed by atoms with E-state index in [-0.39, 0.29) is 6.42 Å². The van der Waals surface area contributed by atoms with E-state index >= 15 is 0 Å². The maximum absolute atomic E-state index is 11.5. The highest BCUT2D eigenvalue weighted by molar-refractivity contribution is 5.89. The molecule has 0 aliphatic rings. The zero-order valence-electron chi connectivity index (χ0n) is 18.9. The topological polar surface area (TPSA) is 132 Å². The molecule has 0 fully saturated rings. The quantitative estimate of drug-likeness (QED) is 0.270. The number of carboxylic acid groups (broad SMARTS) is 3. The summed E-state index contributed by atoms with van der Waals surface area (Å²) in [6.07, 6.45) is 8.11. The van der Waals surface area contributed by atoms with Gasteiger partial charge in [-0.2, -0.15) is 0 Å². The zero-order valence-corrected chi connectivity index (χ0v) is 18.9. The smallest absolute Gasteiger partial charge is 0.337 e. The van der Waals surface area contributed by atoms with Crippen LogP contribution in [0.4, 0.5) is 0 Å². The molecule has 0 saturated carbocycles. The molecular formula is C25H36O7. The Morgan fingerprint density at radius 1 is 0.938 bits per heavy atom. The van der Waals surface area contributed by atoms with Gasteiger partial charge in [-0.25, -0.2) is 4.79 Å². The molecule has 0 heterocycles. The summed E-state index contributed by atoms with van der Waals surface area (Å²) < 4.78 is 0. The normalized spacial score (nSPS) is 16.2. The second kappa shape index (κ2) is 13.7. The van der Waals surface area contributed by atoms with E-state index in [1.807, 2.05) is 18.2 Å². The summed E-state index contributed by atoms with van der Waals surface area (Å²) in [6.45, 7) is 4.41. The number of aliphatic hydroxyl groups is 1. The fourth-order valence-corrected chi connectivity index (χ4v) is 4.06. The molecule has 0 spiro atoms. The van der Waals surface area contributed by atoms with Crippen molar-refractivity contribution < 1.29 is 34.8 Å². The van der Waals surface area contributed by atoms with Gasteiger partial charge in [-0.15, -0.1) is 0 Å². The Labute approximate surface area is 189 Å². The van der Waals surface area contributed by atoms with Crippen LogP contribution >= 0.6 is 0 Å². The van der Waals surface area contributed by atoms with Crippen LogP contribution in [0.5, 0.6) is 0 Å². The molecule has 4 N–H and O–H groups in total. The summed E-state index contributed by atoms with van der Waals surface area (Å²) in [5.41, 5.74) is -1.63. The van der Waals surface area contributed by atoms with Crippen molar-refractivity contribution in [1.82, 2.24) is 0 Å². The molecule has 7 heteroatoms. The summed E-state index contributed by atoms with van der Waals surface area (Å²) in [5, 5.41) is 37.6. The summed E-state index contributed by atoms with van der Waals surface area (Å²) >= 11 is 0. The molecule has 32 heavy (non-hydrogen) atoms. The summed E-state index contributed by atoms with van der Waals surface area (Å²) in [5.74, 6) is -5.48. The summed E-state index contributed by atoms with van der Waals surface area (Å²) in [7, 11) is 0. The molecule has 4 unspecified atom stereocenters. The molecule has 0 bridgehead atoms. The predicted molar refractivity (Wildman–Crippen MR) is 122 cm³/mol. The summed E-state index contributed by atoms with van der Waals surface area (Å²) in [4.78, 5) is 33.7. The van der Waals surface area contributed by atoms with Crippen LogP contribution in [0.2, 0.25) is 0 Å². The second-order valence-electron chi connectivity index (χ2n) is 8.82. The molecule has 0 amide bonds. The Kier molecular flexibility index (Phi) is 11.7. The number of hydrogen-bond acceptors (Lipinski definition) is 4. The van der Waals surface area contributed by atoms with Gasteiger partial charge in [-0.3, -0.25) is 9.59 Å². The molecule has 0 radical (unpaired) electrons. The molecule has 1 rings (SSSR count). The third kappa shape index (κ3) is 9.64. The monoisotopic (exact) mass is 448 g/mol. The number of benzene rings is 1. The van der Waals surface area contributed by atoms with E-state index in [9.17, 15) is 29.7 Å². The van der Waals surface area contributed by atoms with Gasteiger partial charge in [0.1, 0.15) is 0 Å². The number of rotatable bonds is 16. The fourth-order valence-electron chi connectivity index (χ4n) is 4.06. The van der Waals surface area contributed by atoms with E-state index in [1.54, 1.807) is 0 Å². The van der Waals surface area contributed by atoms with Gasteiger partial charge in [0.05, 0.1) is 12.3 Å². The van der Waals surface area contributed by atoms with E-state index in [0.717, 1.165) is 25.7 Å². The maximum Gasteiger partial charge on any atom is 0.337 e. The number of aliphatic carboxylic acids is 3. The predicted octanol–water partition coefficient (Wildman–Crippen LogP) is 4.69. The maximum atomic E-state index is 11.5. The lowest BCUT2D eigenvalue weighted by atomic mass is 9.81. The minimum absolute atomic E-state index is 0.0829. The lowest BCUT2D eigenvalue weighted by Crippen LogP contribution is -2.50. The van der Waals surface area contributed by atoms with Crippen LogP contribution in [-0.2, 0) is 14.4 Å². The molecule has 0 aromatic heterocycles. The Bertz CT molecular complexity index is 759. The molecular weight excluding hydrogens is 412 g/mol. The molecule has 0 aliphatic carbocycles. The molecule has 7 nitrogen and oxygen atoms in total. The van der Waals surface area contributed by atoms with Crippen molar-refractivity contribution in [3.05, 3.63) is 42.0 Å². The highest BCUT2D eigenvalue weighted by Gasteiger charge is 2.49. The Morgan fingerprint density at radius 3 is 2.12 bits per heavy atom. The van der Waals surface area contributed by atoms with Crippen molar-refractivity contribution in [2.45, 2.75) is 70.8 Å². The SMILES string of the molecule is CC(CC=Cc1ccccc1)CC(C)CCCCCC(C(=O)O)C(O)(CC(=O)O)C(=O)O. The largest absolute Gasteiger partial charge is 0.481 e. The van der Waals surface area contributed by atoms with Crippen LogP contribution in [0, 0.1) is 17.8 Å². The van der Waals surface area contributed by atoms with Crippen LogP contribution < -0.4 is 0 Å². The molecule has 4 atom stereocenters. The lowest BCUT2D eigenvalue weighted by molar-refractivity contribution is -0.179. The standard InChI is InChI=1S/C25H36O7/c1-18(16-19(2)11-9-14-20-12-6-4-7-13-20)10-5-3-8-15-21(23(28)29)25(32,24(30)31)17-22(26)27/h4,6-7,9,12-14,18-19,21,32H,3,5,8,10-11,15-17H2,1-2H3,(H,26,27)(H,28,29)(H,30,31). The van der Waals surface area contributed by atoms with Crippen molar-refractivity contribution in [1.29, 1.82) is 0 Å². The third-order valence-corrected chi connectivity index (χ3v) is 5.81. The van der Waals surface area contributed by atoms with Gasteiger partial charge in [0, 0.05) is 0 Å². The third-order valence-electron chi connectivity index (χ3n) is 5.81.